The van der Waals surface area contributed by atoms with Gasteiger partial charge in [-0.3, -0.25) is 29.7 Å². The predicted octanol–water partition coefficient (Wildman–Crippen LogP) is 16.7. The van der Waals surface area contributed by atoms with E-state index in [0.717, 1.165) is 116 Å². The monoisotopic (exact) mass is 1270 g/mol. The first-order valence-electron chi connectivity index (χ1n) is 30.5. The molecule has 0 radical (unpaired) electrons. The van der Waals surface area contributed by atoms with Crippen LogP contribution in [0, 0.1) is 6.92 Å². The first kappa shape index (κ1) is 62.4. The summed E-state index contributed by atoms with van der Waals surface area (Å²) in [5.41, 5.74) is 19.9. The van der Waals surface area contributed by atoms with Gasteiger partial charge < -0.3 is 29.2 Å². The molecule has 0 saturated carbocycles. The van der Waals surface area contributed by atoms with Crippen molar-refractivity contribution in [1.82, 2.24) is 54.8 Å². The number of fused-ring (bicyclic) bond motifs is 11. The summed E-state index contributed by atoms with van der Waals surface area (Å²) < 4.78 is 20.1. The lowest BCUT2D eigenvalue weighted by molar-refractivity contribution is -0.114. The topological polar surface area (TPSA) is 261 Å². The van der Waals surface area contributed by atoms with E-state index in [2.05, 4.69) is 100 Å². The fourth-order valence-corrected chi connectivity index (χ4v) is 11.4. The van der Waals surface area contributed by atoms with E-state index >= 15 is 0 Å². The van der Waals surface area contributed by atoms with E-state index in [-0.39, 0.29) is 16.7 Å². The summed E-state index contributed by atoms with van der Waals surface area (Å²) in [6, 6.07) is 61.7. The maximum Gasteiger partial charge on any atom is 0.272 e. The average Bonchev–Trinajstić information content (AvgIpc) is 1.59. The van der Waals surface area contributed by atoms with Crippen LogP contribution in [0.25, 0.3) is 139 Å². The zero-order chi connectivity index (χ0) is 65.4. The van der Waals surface area contributed by atoms with E-state index in [4.69, 9.17) is 19.0 Å². The Morgan fingerprint density at radius 1 is 0.521 bits per heavy atom. The van der Waals surface area contributed by atoms with Gasteiger partial charge in [-0.15, -0.1) is 0 Å². The Bertz CT molecular complexity index is 5360. The molecule has 0 fully saturated rings. The summed E-state index contributed by atoms with van der Waals surface area (Å²) in [5.74, 6) is 2.98. The second-order valence-corrected chi connectivity index (χ2v) is 22.3. The minimum Gasteiger partial charge on any atom is -0.437 e. The molecule has 0 spiro atoms. The molecule has 0 bridgehead atoms. The normalized spacial score (nSPS) is 11.1. The number of H-pyrrole nitrogens is 3. The average molecular weight is 1270 g/mol. The van der Waals surface area contributed by atoms with E-state index in [0.29, 0.717) is 40.1 Å². The zero-order valence-electron chi connectivity index (χ0n) is 52.2. The zero-order valence-corrected chi connectivity index (χ0v) is 53.0. The van der Waals surface area contributed by atoms with Crippen LogP contribution in [0.1, 0.15) is 40.3 Å². The molecule has 10 aromatic heterocycles. The standard InChI is InChI=1S/C24H16N4O2.C22H16N4O2.C20H14N4O.C6H15N.C2H3ClO/c1-14-12-18(29)28-23(26-14)17-13-25-24-20(21(17)27-28)19(15-8-4-2-5-9-15)22(30-24)16-10-6-3-7-11-16;1-13(27)24-21-16-12-23-22-18(19(16)25-26-21)17(14-8-4-2-5-9-14)20(28-22)15-10-6-3-7-11-15;21-19-14-11-22-20-16(17(14)23-24-19)15(12-7-3-1-4-8-12)18(25-20)13-9-5-2-6-10-13;1-4-7(5-2)6-3;1-2(3)4/h2-13,27H,1H3;2-12H,1H3,(H2,24,25,26,27);1-11H,(H3,21,23,24);4-6H2,1-3H3;1H3. The number of aromatic amines is 3. The van der Waals surface area contributed by atoms with Crippen LogP contribution in [-0.2, 0) is 9.59 Å². The lowest BCUT2D eigenvalue weighted by atomic mass is 9.98. The Morgan fingerprint density at radius 2 is 0.872 bits per heavy atom. The fourth-order valence-electron chi connectivity index (χ4n) is 11.4. The number of amides is 1. The first-order valence-corrected chi connectivity index (χ1v) is 30.9. The molecular formula is C74H64ClN13O6. The quantitative estimate of drug-likeness (QED) is 0.0798. The van der Waals surface area contributed by atoms with Crippen molar-refractivity contribution in [2.45, 2.75) is 41.5 Å². The number of pyridine rings is 3. The van der Waals surface area contributed by atoms with Gasteiger partial charge in [0.05, 0.1) is 48.9 Å². The highest BCUT2D eigenvalue weighted by atomic mass is 35.5. The van der Waals surface area contributed by atoms with E-state index in [1.165, 1.54) is 44.1 Å². The molecular weight excluding hydrogens is 1200 g/mol. The van der Waals surface area contributed by atoms with Crippen molar-refractivity contribution in [2.75, 3.05) is 30.7 Å². The molecule has 0 unspecified atom stereocenters. The number of hydrogen-bond donors (Lipinski definition) is 5. The van der Waals surface area contributed by atoms with Crippen LogP contribution in [-0.4, -0.2) is 85.6 Å². The maximum atomic E-state index is 12.5. The van der Waals surface area contributed by atoms with Crippen LogP contribution in [0.15, 0.2) is 225 Å². The van der Waals surface area contributed by atoms with Crippen LogP contribution in [0.5, 0.6) is 0 Å². The molecule has 6 aromatic carbocycles. The van der Waals surface area contributed by atoms with Gasteiger partial charge in [0, 0.05) is 77.6 Å². The lowest BCUT2D eigenvalue weighted by Crippen LogP contribution is -2.21. The number of benzene rings is 6. The number of aryl methyl sites for hydroxylation is 1. The Kier molecular flexibility index (Phi) is 18.4. The van der Waals surface area contributed by atoms with Crippen molar-refractivity contribution in [3.05, 3.63) is 223 Å². The van der Waals surface area contributed by atoms with Gasteiger partial charge in [-0.2, -0.15) is 10.2 Å². The van der Waals surface area contributed by atoms with Gasteiger partial charge in [-0.05, 0) is 54.8 Å². The summed E-state index contributed by atoms with van der Waals surface area (Å²) in [4.78, 5) is 53.7. The highest BCUT2D eigenvalue weighted by Gasteiger charge is 2.26. The SMILES string of the molecule is CC(=O)Cl.CC(=O)Nc1n[nH]c2c1cnc1oc(-c3ccccc3)c(-c3ccccc3)c12.CCN(CC)CC.Cc1cc(=O)n2[nH]c3c(cnc4oc(-c5ccccc5)c(-c5ccccc5)c43)c2n1.Nc1n[nH]c2c1cnc1oc(-c3ccccc3)c(-c3ccccc3)c12. The van der Waals surface area contributed by atoms with Gasteiger partial charge >= 0.3 is 0 Å². The summed E-state index contributed by atoms with van der Waals surface area (Å²) in [7, 11) is 0. The molecule has 1 amide bonds. The molecule has 19 nitrogen and oxygen atoms in total. The molecule has 6 N–H and O–H groups in total. The molecule has 10 heterocycles. The number of halogens is 1. The third-order valence-electron chi connectivity index (χ3n) is 15.7. The van der Waals surface area contributed by atoms with Gasteiger partial charge in [-0.25, -0.2) is 24.5 Å². The van der Waals surface area contributed by atoms with Crippen LogP contribution in [0.4, 0.5) is 11.6 Å². The molecule has 0 aliphatic rings. The van der Waals surface area contributed by atoms with E-state index in [9.17, 15) is 14.4 Å². The molecule has 0 saturated heterocycles. The number of furan rings is 3. The molecule has 0 aliphatic heterocycles. The van der Waals surface area contributed by atoms with Crippen LogP contribution >= 0.6 is 11.6 Å². The molecule has 0 aliphatic carbocycles. The number of carbonyl (C=O) groups is 2. The summed E-state index contributed by atoms with van der Waals surface area (Å²) in [6.07, 6.45) is 5.07. The predicted molar refractivity (Wildman–Crippen MR) is 374 cm³/mol. The first-order chi connectivity index (χ1) is 45.8. The van der Waals surface area contributed by atoms with Crippen molar-refractivity contribution in [3.63, 3.8) is 0 Å². The largest absolute Gasteiger partial charge is 0.437 e. The number of aromatic nitrogens is 10. The van der Waals surface area contributed by atoms with E-state index < -0.39 is 0 Å². The third-order valence-corrected chi connectivity index (χ3v) is 15.7. The number of rotatable bonds is 10. The Labute approximate surface area is 543 Å². The number of nitrogens with zero attached hydrogens (tertiary/aromatic N) is 8. The van der Waals surface area contributed by atoms with Crippen molar-refractivity contribution < 1.29 is 22.8 Å². The fraction of sp³-hybridized carbons (Fsp3) is 0.122. The second kappa shape index (κ2) is 27.7. The Morgan fingerprint density at radius 3 is 1.26 bits per heavy atom. The van der Waals surface area contributed by atoms with Crippen LogP contribution < -0.4 is 16.6 Å². The van der Waals surface area contributed by atoms with Gasteiger partial charge in [0.15, 0.2) is 17.3 Å². The summed E-state index contributed by atoms with van der Waals surface area (Å²) >= 11 is 4.64. The smallest absolute Gasteiger partial charge is 0.272 e. The van der Waals surface area contributed by atoms with E-state index in [1.54, 1.807) is 18.6 Å². The molecule has 16 rings (SSSR count). The molecule has 0 atom stereocenters. The molecule has 16 aromatic rings. The Balaban J connectivity index is 0.000000126. The van der Waals surface area contributed by atoms with Crippen LogP contribution in [0.3, 0.4) is 0 Å². The number of carbonyl (C=O) groups excluding carboxylic acids is 2. The molecule has 94 heavy (non-hydrogen) atoms. The number of nitrogens with two attached hydrogens (primary N) is 1. The maximum absolute atomic E-state index is 12.5. The summed E-state index contributed by atoms with van der Waals surface area (Å²) in [6.45, 7) is 14.7. The van der Waals surface area contributed by atoms with E-state index in [1.807, 2.05) is 177 Å². The molecule has 20 heteroatoms. The highest BCUT2D eigenvalue weighted by Crippen LogP contribution is 2.46. The molecule has 468 valence electrons. The van der Waals surface area contributed by atoms with Crippen molar-refractivity contribution in [3.8, 4) is 67.4 Å². The minimum atomic E-state index is -0.361. The highest BCUT2D eigenvalue weighted by molar-refractivity contribution is 6.62. The van der Waals surface area contributed by atoms with Crippen molar-refractivity contribution in [1.29, 1.82) is 0 Å². The number of nitrogen functional groups attached to an aromatic ring is 1. The third kappa shape index (κ3) is 12.7. The van der Waals surface area contributed by atoms with Crippen molar-refractivity contribution in [2.24, 2.45) is 0 Å². The van der Waals surface area contributed by atoms with Gasteiger partial charge in [0.1, 0.15) is 17.3 Å². The second-order valence-electron chi connectivity index (χ2n) is 21.8. The number of nitrogens with one attached hydrogen (secondary N) is 4. The van der Waals surface area contributed by atoms with Gasteiger partial charge in [0.25, 0.3) is 5.56 Å². The Hall–Kier alpha value is -11.8. The van der Waals surface area contributed by atoms with Crippen LogP contribution in [0.2, 0.25) is 0 Å². The number of hydrogen-bond acceptors (Lipinski definition) is 14. The number of anilines is 2. The van der Waals surface area contributed by atoms with Gasteiger partial charge in [-0.1, -0.05) is 203 Å². The minimum absolute atomic E-state index is 0.158. The lowest BCUT2D eigenvalue weighted by Gasteiger charge is -2.13. The van der Waals surface area contributed by atoms with Crippen molar-refractivity contribution >= 4 is 106 Å². The van der Waals surface area contributed by atoms with Gasteiger partial charge in [0.2, 0.25) is 28.3 Å². The summed E-state index contributed by atoms with van der Waals surface area (Å²) in [5, 5.41) is 25.0.